The highest BCUT2D eigenvalue weighted by Crippen LogP contribution is 2.21. The van der Waals surface area contributed by atoms with Crippen LogP contribution in [0.2, 0.25) is 0 Å². The summed E-state index contributed by atoms with van der Waals surface area (Å²) in [5.74, 6) is 0.391. The largest absolute Gasteiger partial charge is 0.481 e. The van der Waals surface area contributed by atoms with Gasteiger partial charge in [0.25, 0.3) is 5.91 Å². The van der Waals surface area contributed by atoms with Crippen molar-refractivity contribution in [2.24, 2.45) is 0 Å². The van der Waals surface area contributed by atoms with Gasteiger partial charge in [-0.3, -0.25) is 9.59 Å². The third kappa shape index (κ3) is 4.11. The fourth-order valence-corrected chi connectivity index (χ4v) is 2.89. The van der Waals surface area contributed by atoms with Crippen molar-refractivity contribution in [1.82, 2.24) is 4.98 Å². The minimum atomic E-state index is -0.640. The summed E-state index contributed by atoms with van der Waals surface area (Å²) in [6, 6.07) is 16.4. The van der Waals surface area contributed by atoms with E-state index in [9.17, 15) is 9.59 Å². The van der Waals surface area contributed by atoms with Gasteiger partial charge in [0.05, 0.1) is 5.52 Å². The molecule has 0 bridgehead atoms. The van der Waals surface area contributed by atoms with Gasteiger partial charge in [0, 0.05) is 17.1 Å². The van der Waals surface area contributed by atoms with Crippen LogP contribution in [0.4, 0.5) is 5.69 Å². The Hall–Kier alpha value is -3.08. The molecule has 0 saturated carbocycles. The molecule has 1 amide bonds. The maximum atomic E-state index is 12.4. The Balaban J connectivity index is 1.78. The van der Waals surface area contributed by atoms with E-state index in [2.05, 4.69) is 17.2 Å². The predicted octanol–water partition coefficient (Wildman–Crippen LogP) is 3.89. The summed E-state index contributed by atoms with van der Waals surface area (Å²) >= 11 is 0. The van der Waals surface area contributed by atoms with Crippen LogP contribution in [0.15, 0.2) is 59.4 Å². The molecule has 0 radical (unpaired) electrons. The number of fused-ring (bicyclic) bond motifs is 1. The van der Waals surface area contributed by atoms with E-state index in [1.807, 2.05) is 30.3 Å². The van der Waals surface area contributed by atoms with E-state index >= 15 is 0 Å². The number of aromatic amines is 1. The van der Waals surface area contributed by atoms with Crippen LogP contribution in [0.5, 0.6) is 5.75 Å². The van der Waals surface area contributed by atoms with Crippen molar-refractivity contribution >= 4 is 22.5 Å². The van der Waals surface area contributed by atoms with Crippen LogP contribution in [0.3, 0.4) is 0 Å². The average molecular weight is 350 g/mol. The van der Waals surface area contributed by atoms with E-state index in [0.717, 1.165) is 29.3 Å². The van der Waals surface area contributed by atoms with Crippen LogP contribution in [0.25, 0.3) is 10.9 Å². The molecule has 3 rings (SSSR count). The number of para-hydroxylation sites is 1. The Labute approximate surface area is 152 Å². The number of ether oxygens (including phenoxy) is 1. The van der Waals surface area contributed by atoms with Crippen LogP contribution >= 0.6 is 0 Å². The van der Waals surface area contributed by atoms with E-state index in [1.54, 1.807) is 31.2 Å². The molecule has 0 aliphatic carbocycles. The SMILES string of the molecule is CCCc1cc(=O)[nH]c2cc(NC(=O)C(C)Oc3ccccc3)ccc12. The summed E-state index contributed by atoms with van der Waals surface area (Å²) in [6.07, 6.45) is 1.16. The summed E-state index contributed by atoms with van der Waals surface area (Å²) in [5, 5.41) is 3.84. The fourth-order valence-electron chi connectivity index (χ4n) is 2.89. The molecule has 0 aliphatic heterocycles. The van der Waals surface area contributed by atoms with Gasteiger partial charge in [-0.25, -0.2) is 0 Å². The van der Waals surface area contributed by atoms with E-state index in [1.165, 1.54) is 0 Å². The number of aryl methyl sites for hydroxylation is 1. The van der Waals surface area contributed by atoms with Gasteiger partial charge in [0.15, 0.2) is 6.10 Å². The normalized spacial score (nSPS) is 11.9. The van der Waals surface area contributed by atoms with Crippen molar-refractivity contribution in [2.75, 3.05) is 5.32 Å². The number of anilines is 1. The highest BCUT2D eigenvalue weighted by atomic mass is 16.5. The predicted molar refractivity (Wildman–Crippen MR) is 104 cm³/mol. The number of pyridine rings is 1. The standard InChI is InChI=1S/C21H22N2O3/c1-3-7-15-12-20(24)23-19-13-16(10-11-18(15)19)22-21(25)14(2)26-17-8-5-4-6-9-17/h4-6,8-14H,3,7H2,1-2H3,(H,22,25)(H,23,24). The van der Waals surface area contributed by atoms with Crippen molar-refractivity contribution in [1.29, 1.82) is 0 Å². The van der Waals surface area contributed by atoms with Gasteiger partial charge in [0.2, 0.25) is 5.56 Å². The molecule has 3 aromatic rings. The van der Waals surface area contributed by atoms with Crippen LogP contribution < -0.4 is 15.6 Å². The van der Waals surface area contributed by atoms with Crippen LogP contribution in [-0.4, -0.2) is 17.0 Å². The number of hydrogen-bond donors (Lipinski definition) is 2. The lowest BCUT2D eigenvalue weighted by Crippen LogP contribution is -2.30. The van der Waals surface area contributed by atoms with Gasteiger partial charge in [-0.1, -0.05) is 37.6 Å². The second-order valence-electron chi connectivity index (χ2n) is 6.23. The first-order valence-electron chi connectivity index (χ1n) is 8.75. The van der Waals surface area contributed by atoms with E-state index in [-0.39, 0.29) is 11.5 Å². The maximum Gasteiger partial charge on any atom is 0.265 e. The molecule has 1 heterocycles. The molecule has 5 nitrogen and oxygen atoms in total. The zero-order valence-corrected chi connectivity index (χ0v) is 14.9. The molecule has 134 valence electrons. The van der Waals surface area contributed by atoms with Crippen LogP contribution in [0.1, 0.15) is 25.8 Å². The molecule has 0 fully saturated rings. The molecule has 0 spiro atoms. The van der Waals surface area contributed by atoms with Crippen LogP contribution in [0, 0.1) is 0 Å². The smallest absolute Gasteiger partial charge is 0.265 e. The third-order valence-corrected chi connectivity index (χ3v) is 4.14. The number of rotatable bonds is 6. The Morgan fingerprint density at radius 3 is 2.65 bits per heavy atom. The molecular weight excluding hydrogens is 328 g/mol. The number of amides is 1. The zero-order chi connectivity index (χ0) is 18.5. The van der Waals surface area contributed by atoms with Crippen LogP contribution in [-0.2, 0) is 11.2 Å². The number of hydrogen-bond acceptors (Lipinski definition) is 3. The van der Waals surface area contributed by atoms with Gasteiger partial charge >= 0.3 is 0 Å². The minimum absolute atomic E-state index is 0.134. The van der Waals surface area contributed by atoms with Crippen molar-refractivity contribution < 1.29 is 9.53 Å². The van der Waals surface area contributed by atoms with Gasteiger partial charge in [-0.2, -0.15) is 0 Å². The Bertz CT molecular complexity index is 964. The van der Waals surface area contributed by atoms with Crippen molar-refractivity contribution in [3.05, 3.63) is 70.5 Å². The van der Waals surface area contributed by atoms with Gasteiger partial charge in [0.1, 0.15) is 5.75 Å². The minimum Gasteiger partial charge on any atom is -0.481 e. The highest BCUT2D eigenvalue weighted by Gasteiger charge is 2.15. The van der Waals surface area contributed by atoms with Crippen molar-refractivity contribution in [3.63, 3.8) is 0 Å². The monoisotopic (exact) mass is 350 g/mol. The average Bonchev–Trinajstić information content (AvgIpc) is 2.62. The van der Waals surface area contributed by atoms with E-state index in [0.29, 0.717) is 11.4 Å². The number of aromatic nitrogens is 1. The highest BCUT2D eigenvalue weighted by molar-refractivity contribution is 5.96. The lowest BCUT2D eigenvalue weighted by Gasteiger charge is -2.15. The summed E-state index contributed by atoms with van der Waals surface area (Å²) < 4.78 is 5.64. The molecule has 1 unspecified atom stereocenters. The Kier molecular flexibility index (Phi) is 5.37. The van der Waals surface area contributed by atoms with Gasteiger partial charge in [-0.15, -0.1) is 0 Å². The van der Waals surface area contributed by atoms with Crippen molar-refractivity contribution in [3.8, 4) is 5.75 Å². The van der Waals surface area contributed by atoms with Crippen molar-refractivity contribution in [2.45, 2.75) is 32.8 Å². The molecule has 0 saturated heterocycles. The first kappa shape index (κ1) is 17.7. The van der Waals surface area contributed by atoms with E-state index < -0.39 is 6.10 Å². The summed E-state index contributed by atoms with van der Waals surface area (Å²) in [6.45, 7) is 3.78. The van der Waals surface area contributed by atoms with E-state index in [4.69, 9.17) is 4.74 Å². The maximum absolute atomic E-state index is 12.4. The second kappa shape index (κ2) is 7.87. The molecule has 0 aliphatic rings. The quantitative estimate of drug-likeness (QED) is 0.708. The number of H-pyrrole nitrogens is 1. The number of carbonyl (C=O) groups is 1. The fraction of sp³-hybridized carbons (Fsp3) is 0.238. The molecule has 2 aromatic carbocycles. The summed E-state index contributed by atoms with van der Waals surface area (Å²) in [4.78, 5) is 27.1. The number of carbonyl (C=O) groups excluding carboxylic acids is 1. The first-order chi connectivity index (χ1) is 12.6. The lowest BCUT2D eigenvalue weighted by atomic mass is 10.0. The molecule has 26 heavy (non-hydrogen) atoms. The first-order valence-corrected chi connectivity index (χ1v) is 8.75. The number of nitrogens with one attached hydrogen (secondary N) is 2. The Morgan fingerprint density at radius 1 is 1.15 bits per heavy atom. The van der Waals surface area contributed by atoms with Gasteiger partial charge < -0.3 is 15.0 Å². The van der Waals surface area contributed by atoms with Gasteiger partial charge in [-0.05, 0) is 43.2 Å². The number of benzene rings is 2. The summed E-state index contributed by atoms with van der Waals surface area (Å²) in [7, 11) is 0. The summed E-state index contributed by atoms with van der Waals surface area (Å²) in [5.41, 5.74) is 2.22. The lowest BCUT2D eigenvalue weighted by molar-refractivity contribution is -0.122. The molecule has 2 N–H and O–H groups in total. The third-order valence-electron chi connectivity index (χ3n) is 4.14. The zero-order valence-electron chi connectivity index (χ0n) is 14.9. The molecule has 1 atom stereocenters. The topological polar surface area (TPSA) is 71.2 Å². The molecular formula is C21H22N2O3. The Morgan fingerprint density at radius 2 is 1.92 bits per heavy atom. The molecule has 5 heteroatoms. The second-order valence-corrected chi connectivity index (χ2v) is 6.23. The molecule has 1 aromatic heterocycles.